The zero-order valence-electron chi connectivity index (χ0n) is 19.7. The minimum absolute atomic E-state index is 0.0154. The molecule has 1 atom stereocenters. The molecule has 0 bridgehead atoms. The number of rotatable bonds is 6. The molecule has 0 unspecified atom stereocenters. The smallest absolute Gasteiger partial charge is 0.255 e. The third kappa shape index (κ3) is 4.75. The monoisotopic (exact) mass is 453 g/mol. The Labute approximate surface area is 201 Å². The second kappa shape index (κ2) is 9.82. The van der Waals surface area contributed by atoms with Crippen LogP contribution < -0.4 is 0 Å². The molecule has 2 amide bonds. The second-order valence-corrected chi connectivity index (χ2v) is 9.36. The van der Waals surface area contributed by atoms with Crippen LogP contribution in [0.4, 0.5) is 0 Å². The van der Waals surface area contributed by atoms with E-state index in [1.54, 1.807) is 0 Å². The second-order valence-electron chi connectivity index (χ2n) is 9.36. The fraction of sp³-hybridized carbons (Fsp3) is 0.310. The molecule has 0 spiro atoms. The summed E-state index contributed by atoms with van der Waals surface area (Å²) < 4.78 is 0. The van der Waals surface area contributed by atoms with E-state index in [0.717, 1.165) is 49.4 Å². The number of hydrogen-bond donors (Lipinski definition) is 0. The third-order valence-electron chi connectivity index (χ3n) is 7.03. The first-order valence-corrected chi connectivity index (χ1v) is 12.1. The van der Waals surface area contributed by atoms with Crippen molar-refractivity contribution in [1.29, 1.82) is 0 Å². The summed E-state index contributed by atoms with van der Waals surface area (Å²) in [6, 6.07) is 26.2. The van der Waals surface area contributed by atoms with Gasteiger partial charge in [-0.25, -0.2) is 0 Å². The number of benzene rings is 3. The van der Waals surface area contributed by atoms with Gasteiger partial charge >= 0.3 is 0 Å². The largest absolute Gasteiger partial charge is 0.340 e. The SMILES string of the molecule is Cc1ccc([C@H](CC(=O)N2CCN(Cc3ccccc3)CC2)N2Cc3ccccc3C2=O)cc1. The normalized spacial score (nSPS) is 17.0. The van der Waals surface area contributed by atoms with E-state index in [1.165, 1.54) is 11.1 Å². The maximum atomic E-state index is 13.4. The van der Waals surface area contributed by atoms with Crippen molar-refractivity contribution in [1.82, 2.24) is 14.7 Å². The van der Waals surface area contributed by atoms with Gasteiger partial charge in [0, 0.05) is 44.8 Å². The lowest BCUT2D eigenvalue weighted by atomic mass is 9.99. The van der Waals surface area contributed by atoms with Crippen LogP contribution in [0.1, 0.15) is 45.1 Å². The number of piperazine rings is 1. The summed E-state index contributed by atoms with van der Waals surface area (Å²) in [5.74, 6) is 0.135. The predicted molar refractivity (Wildman–Crippen MR) is 133 cm³/mol. The lowest BCUT2D eigenvalue weighted by Crippen LogP contribution is -2.49. The molecule has 2 heterocycles. The van der Waals surface area contributed by atoms with E-state index in [9.17, 15) is 9.59 Å². The van der Waals surface area contributed by atoms with Gasteiger partial charge < -0.3 is 9.80 Å². The Balaban J connectivity index is 1.28. The molecule has 5 heteroatoms. The minimum Gasteiger partial charge on any atom is -0.340 e. The van der Waals surface area contributed by atoms with Crippen molar-refractivity contribution in [2.45, 2.75) is 32.5 Å². The lowest BCUT2D eigenvalue weighted by molar-refractivity contribution is -0.134. The highest BCUT2D eigenvalue weighted by molar-refractivity contribution is 5.98. The third-order valence-corrected chi connectivity index (χ3v) is 7.03. The first-order chi connectivity index (χ1) is 16.6. The van der Waals surface area contributed by atoms with Gasteiger partial charge in [0.1, 0.15) is 0 Å². The standard InChI is InChI=1S/C29H31N3O2/c1-22-11-13-24(14-12-22)27(32-21-25-9-5-6-10-26(25)29(32)34)19-28(33)31-17-15-30(16-18-31)20-23-7-3-2-4-8-23/h2-14,27H,15-21H2,1H3/t27-/m0/s1. The molecule has 2 aliphatic rings. The zero-order chi connectivity index (χ0) is 23.5. The van der Waals surface area contributed by atoms with Gasteiger partial charge in [0.2, 0.25) is 5.91 Å². The highest BCUT2D eigenvalue weighted by Gasteiger charge is 2.35. The van der Waals surface area contributed by atoms with Gasteiger partial charge in [-0.2, -0.15) is 0 Å². The maximum absolute atomic E-state index is 13.4. The average molecular weight is 454 g/mol. The summed E-state index contributed by atoms with van der Waals surface area (Å²) in [6.07, 6.45) is 0.307. The van der Waals surface area contributed by atoms with Crippen LogP contribution in [0, 0.1) is 6.92 Å². The van der Waals surface area contributed by atoms with Crippen molar-refractivity contribution >= 4 is 11.8 Å². The molecular formula is C29H31N3O2. The van der Waals surface area contributed by atoms with Gasteiger partial charge in [-0.05, 0) is 29.7 Å². The van der Waals surface area contributed by atoms with Crippen LogP contribution in [0.5, 0.6) is 0 Å². The number of hydrogen-bond acceptors (Lipinski definition) is 3. The summed E-state index contributed by atoms with van der Waals surface area (Å²) in [5, 5.41) is 0. The first kappa shape index (κ1) is 22.4. The van der Waals surface area contributed by atoms with Crippen molar-refractivity contribution in [3.8, 4) is 0 Å². The zero-order valence-corrected chi connectivity index (χ0v) is 19.7. The first-order valence-electron chi connectivity index (χ1n) is 12.1. The van der Waals surface area contributed by atoms with E-state index < -0.39 is 0 Å². The molecule has 0 radical (unpaired) electrons. The van der Waals surface area contributed by atoms with E-state index in [2.05, 4.69) is 60.4 Å². The van der Waals surface area contributed by atoms with Gasteiger partial charge in [0.15, 0.2) is 0 Å². The molecule has 0 N–H and O–H groups in total. The van der Waals surface area contributed by atoms with E-state index in [4.69, 9.17) is 0 Å². The predicted octanol–water partition coefficient (Wildman–Crippen LogP) is 4.43. The Kier molecular flexibility index (Phi) is 6.45. The molecule has 2 aliphatic heterocycles. The molecule has 34 heavy (non-hydrogen) atoms. The molecule has 0 aliphatic carbocycles. The Hall–Kier alpha value is -3.44. The molecule has 174 valence electrons. The Morgan fingerprint density at radius 2 is 1.53 bits per heavy atom. The van der Waals surface area contributed by atoms with Gasteiger partial charge in [-0.3, -0.25) is 14.5 Å². The Morgan fingerprint density at radius 3 is 2.24 bits per heavy atom. The molecule has 5 nitrogen and oxygen atoms in total. The van der Waals surface area contributed by atoms with Crippen LogP contribution in [0.3, 0.4) is 0 Å². The summed E-state index contributed by atoms with van der Waals surface area (Å²) in [4.78, 5) is 32.9. The Morgan fingerprint density at radius 1 is 0.853 bits per heavy atom. The highest BCUT2D eigenvalue weighted by atomic mass is 16.2. The molecule has 5 rings (SSSR count). The maximum Gasteiger partial charge on any atom is 0.255 e. The van der Waals surface area contributed by atoms with Crippen LogP contribution in [0.25, 0.3) is 0 Å². The molecular weight excluding hydrogens is 422 g/mol. The van der Waals surface area contributed by atoms with E-state index in [-0.39, 0.29) is 17.9 Å². The summed E-state index contributed by atoms with van der Waals surface area (Å²) >= 11 is 0. The van der Waals surface area contributed by atoms with Crippen molar-refractivity contribution < 1.29 is 9.59 Å². The number of carbonyl (C=O) groups is 2. The van der Waals surface area contributed by atoms with Crippen molar-refractivity contribution in [2.24, 2.45) is 0 Å². The van der Waals surface area contributed by atoms with Crippen LogP contribution in [-0.2, 0) is 17.9 Å². The van der Waals surface area contributed by atoms with Crippen LogP contribution in [-0.4, -0.2) is 52.7 Å². The summed E-state index contributed by atoms with van der Waals surface area (Å²) in [7, 11) is 0. The van der Waals surface area contributed by atoms with Crippen molar-refractivity contribution in [3.63, 3.8) is 0 Å². The van der Waals surface area contributed by atoms with Gasteiger partial charge in [-0.1, -0.05) is 78.4 Å². The number of fused-ring (bicyclic) bond motifs is 1. The van der Waals surface area contributed by atoms with Crippen molar-refractivity contribution in [3.05, 3.63) is 107 Å². The van der Waals surface area contributed by atoms with Crippen LogP contribution >= 0.6 is 0 Å². The topological polar surface area (TPSA) is 43.9 Å². The fourth-order valence-electron chi connectivity index (χ4n) is 5.02. The molecule has 1 saturated heterocycles. The van der Waals surface area contributed by atoms with Crippen molar-refractivity contribution in [2.75, 3.05) is 26.2 Å². The number of nitrogens with zero attached hydrogens (tertiary/aromatic N) is 3. The minimum atomic E-state index is -0.268. The average Bonchev–Trinajstić information content (AvgIpc) is 3.20. The summed E-state index contributed by atoms with van der Waals surface area (Å²) in [6.45, 7) is 6.69. The lowest BCUT2D eigenvalue weighted by Gasteiger charge is -2.36. The molecule has 1 fully saturated rings. The molecule has 0 saturated carbocycles. The van der Waals surface area contributed by atoms with E-state index >= 15 is 0 Å². The molecule has 3 aromatic carbocycles. The fourth-order valence-corrected chi connectivity index (χ4v) is 5.02. The van der Waals surface area contributed by atoms with Gasteiger partial charge in [-0.15, -0.1) is 0 Å². The number of amides is 2. The van der Waals surface area contributed by atoms with Crippen LogP contribution in [0.2, 0.25) is 0 Å². The number of aryl methyl sites for hydroxylation is 1. The highest BCUT2D eigenvalue weighted by Crippen LogP contribution is 2.34. The van der Waals surface area contributed by atoms with E-state index in [1.807, 2.05) is 40.1 Å². The summed E-state index contributed by atoms with van der Waals surface area (Å²) in [5.41, 5.74) is 5.27. The number of carbonyl (C=O) groups excluding carboxylic acids is 2. The van der Waals surface area contributed by atoms with Crippen LogP contribution in [0.15, 0.2) is 78.9 Å². The molecule has 3 aromatic rings. The van der Waals surface area contributed by atoms with Gasteiger partial charge in [0.25, 0.3) is 5.91 Å². The van der Waals surface area contributed by atoms with E-state index in [0.29, 0.717) is 13.0 Å². The Bertz CT molecular complexity index is 1150. The van der Waals surface area contributed by atoms with Gasteiger partial charge in [0.05, 0.1) is 12.5 Å². The quantitative estimate of drug-likeness (QED) is 0.555. The molecule has 0 aromatic heterocycles.